The highest BCUT2D eigenvalue weighted by molar-refractivity contribution is 8.87. The molecule has 0 aliphatic carbocycles. The van der Waals surface area contributed by atoms with Gasteiger partial charge in [0.15, 0.2) is 0 Å². The summed E-state index contributed by atoms with van der Waals surface area (Å²) in [7, 11) is -0.638. The van der Waals surface area contributed by atoms with Crippen molar-refractivity contribution >= 4 is 20.7 Å². The Morgan fingerprint density at radius 3 is 2.15 bits per heavy atom. The van der Waals surface area contributed by atoms with E-state index in [0.29, 0.717) is 0 Å². The molecule has 0 radical (unpaired) electrons. The first-order chi connectivity index (χ1) is 5.97. The molecular formula is C11H18S2. The predicted molar refractivity (Wildman–Crippen MR) is 68.2 cm³/mol. The summed E-state index contributed by atoms with van der Waals surface area (Å²) in [6.45, 7) is 2.12. The summed E-state index contributed by atoms with van der Waals surface area (Å²) >= 11 is 4.59. The third-order valence-electron chi connectivity index (χ3n) is 2.01. The second-order valence-corrected chi connectivity index (χ2v) is 10.3. The molecule has 0 atom stereocenters. The van der Waals surface area contributed by atoms with Crippen LogP contribution in [0, 0.1) is 6.92 Å². The van der Waals surface area contributed by atoms with Crippen molar-refractivity contribution in [2.24, 2.45) is 0 Å². The fraction of sp³-hybridized carbons (Fsp3) is 0.455. The minimum Gasteiger partial charge on any atom is -0.201 e. The standard InChI is InChI=1S/C11H18S2/c1-10-4-6-11(7-5-10)8-9-13(2,3)12/h4-7,12H,8-9H2,1-3H3. The average molecular weight is 214 g/mol. The molecule has 13 heavy (non-hydrogen) atoms. The number of hydrogen-bond acceptors (Lipinski definition) is 1. The van der Waals surface area contributed by atoms with Gasteiger partial charge in [0, 0.05) is 0 Å². The number of rotatable bonds is 3. The van der Waals surface area contributed by atoms with E-state index in [1.165, 1.54) is 16.9 Å². The van der Waals surface area contributed by atoms with E-state index in [4.69, 9.17) is 0 Å². The molecule has 74 valence electrons. The van der Waals surface area contributed by atoms with E-state index in [9.17, 15) is 0 Å². The molecule has 2 heteroatoms. The van der Waals surface area contributed by atoms with Gasteiger partial charge in [0.2, 0.25) is 0 Å². The number of hydrogen-bond donors (Lipinski definition) is 1. The van der Waals surface area contributed by atoms with E-state index in [1.54, 1.807) is 0 Å². The van der Waals surface area contributed by atoms with Crippen LogP contribution in [0.15, 0.2) is 24.3 Å². The fourth-order valence-electron chi connectivity index (χ4n) is 1.12. The highest BCUT2D eigenvalue weighted by Crippen LogP contribution is 2.44. The van der Waals surface area contributed by atoms with E-state index >= 15 is 0 Å². The van der Waals surface area contributed by atoms with Crippen molar-refractivity contribution in [2.75, 3.05) is 18.3 Å². The molecule has 0 nitrogen and oxygen atoms in total. The number of thiol groups is 1. The predicted octanol–water partition coefficient (Wildman–Crippen LogP) is 3.45. The summed E-state index contributed by atoms with van der Waals surface area (Å²) in [5.41, 5.74) is 2.77. The molecular weight excluding hydrogens is 196 g/mol. The van der Waals surface area contributed by atoms with Gasteiger partial charge < -0.3 is 0 Å². The van der Waals surface area contributed by atoms with Crippen molar-refractivity contribution in [3.05, 3.63) is 35.4 Å². The molecule has 0 aromatic heterocycles. The smallest absolute Gasteiger partial charge is 0.0108 e. The van der Waals surface area contributed by atoms with Crippen LogP contribution in [0.3, 0.4) is 0 Å². The van der Waals surface area contributed by atoms with Crippen LogP contribution in [0.4, 0.5) is 0 Å². The van der Waals surface area contributed by atoms with E-state index in [2.05, 4.69) is 55.4 Å². The largest absolute Gasteiger partial charge is 0.201 e. The van der Waals surface area contributed by atoms with Crippen LogP contribution in [0.25, 0.3) is 0 Å². The van der Waals surface area contributed by atoms with Gasteiger partial charge >= 0.3 is 0 Å². The summed E-state index contributed by atoms with van der Waals surface area (Å²) in [5.74, 6) is 1.21. The van der Waals surface area contributed by atoms with Crippen LogP contribution in [0.5, 0.6) is 0 Å². The fourth-order valence-corrected chi connectivity index (χ4v) is 2.13. The molecule has 0 saturated carbocycles. The summed E-state index contributed by atoms with van der Waals surface area (Å²) in [5, 5.41) is 0. The first-order valence-corrected chi connectivity index (χ1v) is 8.13. The van der Waals surface area contributed by atoms with Gasteiger partial charge in [-0.3, -0.25) is 0 Å². The van der Waals surface area contributed by atoms with E-state index < -0.39 is 9.06 Å². The van der Waals surface area contributed by atoms with Gasteiger partial charge in [0.25, 0.3) is 0 Å². The lowest BCUT2D eigenvalue weighted by atomic mass is 10.1. The summed E-state index contributed by atoms with van der Waals surface area (Å²) in [6, 6.07) is 8.79. The van der Waals surface area contributed by atoms with Gasteiger partial charge in [-0.15, -0.1) is 11.7 Å². The third kappa shape index (κ3) is 4.63. The number of benzene rings is 1. The maximum absolute atomic E-state index is 4.59. The van der Waals surface area contributed by atoms with Gasteiger partial charge in [-0.2, -0.15) is 0 Å². The van der Waals surface area contributed by atoms with Gasteiger partial charge in [-0.1, -0.05) is 29.8 Å². The minimum absolute atomic E-state index is 0.638. The SMILES string of the molecule is Cc1ccc(CCS(C)(C)S)cc1. The molecule has 0 aliphatic heterocycles. The Morgan fingerprint density at radius 1 is 1.15 bits per heavy atom. The maximum atomic E-state index is 4.59. The Labute approximate surface area is 87.9 Å². The van der Waals surface area contributed by atoms with E-state index in [0.717, 1.165) is 6.42 Å². The van der Waals surface area contributed by atoms with Gasteiger partial charge in [-0.05, 0) is 37.2 Å². The highest BCUT2D eigenvalue weighted by Gasteiger charge is 2.04. The van der Waals surface area contributed by atoms with E-state index in [-0.39, 0.29) is 0 Å². The first kappa shape index (κ1) is 11.0. The topological polar surface area (TPSA) is 0 Å². The van der Waals surface area contributed by atoms with Gasteiger partial charge in [0.05, 0.1) is 0 Å². The molecule has 1 aromatic carbocycles. The Balaban J connectivity index is 2.51. The van der Waals surface area contributed by atoms with Crippen LogP contribution >= 0.6 is 20.7 Å². The molecule has 0 aliphatic rings. The lowest BCUT2D eigenvalue weighted by Gasteiger charge is -2.23. The zero-order valence-corrected chi connectivity index (χ0v) is 10.3. The molecule has 0 spiro atoms. The number of aryl methyl sites for hydroxylation is 2. The van der Waals surface area contributed by atoms with Crippen LogP contribution in [-0.4, -0.2) is 18.3 Å². The van der Waals surface area contributed by atoms with Crippen LogP contribution in [-0.2, 0) is 6.42 Å². The molecule has 0 amide bonds. The van der Waals surface area contributed by atoms with Crippen LogP contribution in [0.1, 0.15) is 11.1 Å². The van der Waals surface area contributed by atoms with Gasteiger partial charge in [-0.25, -0.2) is 9.06 Å². The first-order valence-electron chi connectivity index (χ1n) is 4.46. The summed E-state index contributed by atoms with van der Waals surface area (Å²) < 4.78 is 0. The summed E-state index contributed by atoms with van der Waals surface area (Å²) in [6.07, 6.45) is 5.64. The second-order valence-electron chi connectivity index (χ2n) is 3.92. The quantitative estimate of drug-likeness (QED) is 0.578. The Hall–Kier alpha value is -0.0800. The van der Waals surface area contributed by atoms with Crippen LogP contribution in [0.2, 0.25) is 0 Å². The van der Waals surface area contributed by atoms with Crippen molar-refractivity contribution in [3.8, 4) is 0 Å². The molecule has 0 unspecified atom stereocenters. The molecule has 0 fully saturated rings. The minimum atomic E-state index is -0.638. The molecule has 0 saturated heterocycles. The van der Waals surface area contributed by atoms with E-state index in [1.807, 2.05) is 0 Å². The average Bonchev–Trinajstić information content (AvgIpc) is 2.02. The van der Waals surface area contributed by atoms with Crippen molar-refractivity contribution in [3.63, 3.8) is 0 Å². The maximum Gasteiger partial charge on any atom is -0.0108 e. The molecule has 0 N–H and O–H groups in total. The van der Waals surface area contributed by atoms with Crippen molar-refractivity contribution < 1.29 is 0 Å². The summed E-state index contributed by atoms with van der Waals surface area (Å²) in [4.78, 5) is 0. The normalized spacial score (nSPS) is 12.9. The highest BCUT2D eigenvalue weighted by atomic mass is 33.1. The monoisotopic (exact) mass is 214 g/mol. The van der Waals surface area contributed by atoms with Crippen molar-refractivity contribution in [1.82, 2.24) is 0 Å². The van der Waals surface area contributed by atoms with Crippen LogP contribution < -0.4 is 0 Å². The van der Waals surface area contributed by atoms with Crippen molar-refractivity contribution in [2.45, 2.75) is 13.3 Å². The van der Waals surface area contributed by atoms with Crippen molar-refractivity contribution in [1.29, 1.82) is 0 Å². The molecule has 1 aromatic rings. The third-order valence-corrected chi connectivity index (χ3v) is 3.76. The Morgan fingerprint density at radius 2 is 1.69 bits per heavy atom. The molecule has 0 heterocycles. The lowest BCUT2D eigenvalue weighted by molar-refractivity contribution is 1.15. The second kappa shape index (κ2) is 4.43. The lowest BCUT2D eigenvalue weighted by Crippen LogP contribution is -1.97. The Bertz CT molecular complexity index is 256. The zero-order valence-electron chi connectivity index (χ0n) is 8.58. The van der Waals surface area contributed by atoms with Gasteiger partial charge in [0.1, 0.15) is 0 Å². The Kier molecular flexibility index (Phi) is 3.74. The zero-order chi connectivity index (χ0) is 9.90. The molecule has 0 bridgehead atoms. The molecule has 1 rings (SSSR count).